The molecule has 0 radical (unpaired) electrons. The summed E-state index contributed by atoms with van der Waals surface area (Å²) < 4.78 is 5.39. The van der Waals surface area contributed by atoms with Crippen LogP contribution in [0.15, 0.2) is 66.3 Å². The second-order valence-electron chi connectivity index (χ2n) is 7.20. The van der Waals surface area contributed by atoms with Crippen LogP contribution in [0.1, 0.15) is 31.2 Å². The highest BCUT2D eigenvalue weighted by molar-refractivity contribution is 7.95. The van der Waals surface area contributed by atoms with E-state index in [1.165, 1.54) is 42.6 Å². The van der Waals surface area contributed by atoms with E-state index in [9.17, 15) is 0 Å². The molecule has 5 heteroatoms. The van der Waals surface area contributed by atoms with E-state index in [2.05, 4.69) is 88.2 Å². The molecule has 1 saturated carbocycles. The first-order valence-corrected chi connectivity index (χ1v) is 9.77. The van der Waals surface area contributed by atoms with Crippen molar-refractivity contribution in [2.24, 2.45) is 0 Å². The zero-order chi connectivity index (χ0) is 17.3. The Morgan fingerprint density at radius 1 is 1.20 bits per heavy atom. The molecule has 2 heterocycles. The highest BCUT2D eigenvalue weighted by atomic mass is 32.2. The van der Waals surface area contributed by atoms with Gasteiger partial charge in [-0.05, 0) is 57.5 Å². The van der Waals surface area contributed by atoms with Crippen molar-refractivity contribution in [1.82, 2.24) is 19.2 Å². The minimum Gasteiger partial charge on any atom is -0.381 e. The molecule has 0 spiro atoms. The summed E-state index contributed by atoms with van der Waals surface area (Å²) in [6.45, 7) is 0. The molecule has 132 valence electrons. The van der Waals surface area contributed by atoms with Crippen LogP contribution in [0, 0.1) is 0 Å². The molecule has 1 aromatic carbocycles. The number of fused-ring (bicyclic) bond motifs is 1. The maximum atomic E-state index is 3.79. The number of hydrogen-bond donors (Lipinski definition) is 2. The van der Waals surface area contributed by atoms with Crippen LogP contribution >= 0.6 is 12.1 Å². The van der Waals surface area contributed by atoms with Gasteiger partial charge in [0.2, 0.25) is 0 Å². The van der Waals surface area contributed by atoms with Crippen LogP contribution in [-0.4, -0.2) is 29.3 Å². The Balaban J connectivity index is 1.46. The molecule has 25 heavy (non-hydrogen) atoms. The predicted octanol–water partition coefficient (Wildman–Crippen LogP) is 3.70. The van der Waals surface area contributed by atoms with Crippen LogP contribution in [-0.2, 0) is 5.54 Å². The van der Waals surface area contributed by atoms with E-state index in [-0.39, 0.29) is 5.54 Å². The zero-order valence-corrected chi connectivity index (χ0v) is 15.7. The fraction of sp³-hybridized carbons (Fsp3) is 0.400. The van der Waals surface area contributed by atoms with Gasteiger partial charge in [-0.2, -0.15) is 0 Å². The molecule has 1 aromatic rings. The Hall–Kier alpha value is -1.85. The van der Waals surface area contributed by atoms with Crippen LogP contribution in [0.5, 0.6) is 0 Å². The van der Waals surface area contributed by atoms with E-state index in [0.29, 0.717) is 6.04 Å². The average Bonchev–Trinajstić information content (AvgIpc) is 3.13. The fourth-order valence-electron chi connectivity index (χ4n) is 4.19. The smallest absolute Gasteiger partial charge is 0.0932 e. The van der Waals surface area contributed by atoms with Gasteiger partial charge in [-0.15, -0.1) is 0 Å². The molecule has 0 aromatic heterocycles. The van der Waals surface area contributed by atoms with Gasteiger partial charge in [0.15, 0.2) is 0 Å². The lowest BCUT2D eigenvalue weighted by molar-refractivity contribution is 0.0874. The van der Waals surface area contributed by atoms with Gasteiger partial charge in [0.1, 0.15) is 0 Å². The molecule has 2 aliphatic heterocycles. The number of rotatable bonds is 4. The van der Waals surface area contributed by atoms with Crippen molar-refractivity contribution in [1.29, 1.82) is 0 Å². The minimum atomic E-state index is 0.163. The molecule has 0 bridgehead atoms. The van der Waals surface area contributed by atoms with Crippen LogP contribution in [0.4, 0.5) is 0 Å². The summed E-state index contributed by atoms with van der Waals surface area (Å²) in [5.74, 6) is 0. The second-order valence-corrected chi connectivity index (χ2v) is 8.01. The number of benzene rings is 1. The van der Waals surface area contributed by atoms with Gasteiger partial charge < -0.3 is 10.0 Å². The van der Waals surface area contributed by atoms with Crippen LogP contribution in [0.2, 0.25) is 0 Å². The van der Waals surface area contributed by atoms with Crippen molar-refractivity contribution in [3.63, 3.8) is 0 Å². The Kier molecular flexibility index (Phi) is 4.52. The van der Waals surface area contributed by atoms with Gasteiger partial charge in [-0.1, -0.05) is 30.3 Å². The summed E-state index contributed by atoms with van der Waals surface area (Å²) in [6, 6.07) is 11.5. The standard InChI is InChI=1S/C20H26N4S/c1-23(2)20(16-7-4-3-5-8-16)12-10-17(11-13-20)22-18-9-6-14-24-19(18)15-21-25-24/h3-9,14-15,17,21-22H,10-13H2,1-2H3. The first-order chi connectivity index (χ1) is 12.2. The van der Waals surface area contributed by atoms with E-state index >= 15 is 0 Å². The molecular formula is C20H26N4S. The van der Waals surface area contributed by atoms with Gasteiger partial charge in [0, 0.05) is 24.0 Å². The van der Waals surface area contributed by atoms with Gasteiger partial charge in [-0.3, -0.25) is 9.21 Å². The van der Waals surface area contributed by atoms with E-state index < -0.39 is 0 Å². The lowest BCUT2D eigenvalue weighted by Crippen LogP contribution is -2.47. The van der Waals surface area contributed by atoms with Crippen LogP contribution < -0.4 is 10.0 Å². The number of hydrogen-bond acceptors (Lipinski definition) is 5. The Bertz CT molecular complexity index is 700. The molecule has 0 saturated heterocycles. The van der Waals surface area contributed by atoms with Crippen molar-refractivity contribution in [2.75, 3.05) is 14.1 Å². The third-order valence-corrected chi connectivity index (χ3v) is 6.42. The fourth-order valence-corrected chi connectivity index (χ4v) is 4.84. The Morgan fingerprint density at radius 2 is 1.96 bits per heavy atom. The van der Waals surface area contributed by atoms with E-state index in [1.807, 2.05) is 0 Å². The largest absolute Gasteiger partial charge is 0.381 e. The van der Waals surface area contributed by atoms with E-state index in [4.69, 9.17) is 0 Å². The summed E-state index contributed by atoms with van der Waals surface area (Å²) >= 11 is 1.61. The topological polar surface area (TPSA) is 30.5 Å². The maximum Gasteiger partial charge on any atom is 0.0932 e. The highest BCUT2D eigenvalue weighted by Gasteiger charge is 2.39. The van der Waals surface area contributed by atoms with E-state index in [0.717, 1.165) is 0 Å². The number of nitrogens with one attached hydrogen (secondary N) is 2. The summed E-state index contributed by atoms with van der Waals surface area (Å²) in [7, 11) is 4.44. The summed E-state index contributed by atoms with van der Waals surface area (Å²) in [4.78, 5) is 2.42. The summed E-state index contributed by atoms with van der Waals surface area (Å²) in [5.41, 5.74) is 4.06. The highest BCUT2D eigenvalue weighted by Crippen LogP contribution is 2.41. The zero-order valence-electron chi connectivity index (χ0n) is 14.9. The van der Waals surface area contributed by atoms with Gasteiger partial charge >= 0.3 is 0 Å². The molecule has 4 rings (SSSR count). The van der Waals surface area contributed by atoms with Crippen LogP contribution in [0.25, 0.3) is 0 Å². The number of allylic oxidation sites excluding steroid dienone is 2. The number of nitrogens with zero attached hydrogens (tertiary/aromatic N) is 2. The molecular weight excluding hydrogens is 328 g/mol. The molecule has 3 aliphatic rings. The lowest BCUT2D eigenvalue weighted by atomic mass is 9.74. The average molecular weight is 355 g/mol. The van der Waals surface area contributed by atoms with Crippen molar-refractivity contribution < 1.29 is 0 Å². The predicted molar refractivity (Wildman–Crippen MR) is 105 cm³/mol. The summed E-state index contributed by atoms with van der Waals surface area (Å²) in [6.07, 6.45) is 13.2. The summed E-state index contributed by atoms with van der Waals surface area (Å²) in [5, 5.41) is 3.79. The molecule has 4 nitrogen and oxygen atoms in total. The normalized spacial score (nSPS) is 28.3. The third-order valence-electron chi connectivity index (χ3n) is 5.68. The minimum absolute atomic E-state index is 0.163. The van der Waals surface area contributed by atoms with Crippen molar-refractivity contribution in [3.8, 4) is 0 Å². The van der Waals surface area contributed by atoms with Gasteiger partial charge in [0.05, 0.1) is 23.5 Å². The van der Waals surface area contributed by atoms with Crippen LogP contribution in [0.3, 0.4) is 0 Å². The molecule has 1 fully saturated rings. The first kappa shape index (κ1) is 16.6. The first-order valence-electron chi connectivity index (χ1n) is 8.99. The maximum absolute atomic E-state index is 3.79. The lowest BCUT2D eigenvalue weighted by Gasteiger charge is -2.46. The monoisotopic (exact) mass is 354 g/mol. The van der Waals surface area contributed by atoms with Crippen molar-refractivity contribution in [2.45, 2.75) is 37.3 Å². The van der Waals surface area contributed by atoms with E-state index in [1.54, 1.807) is 12.1 Å². The molecule has 0 unspecified atom stereocenters. The molecule has 0 amide bonds. The second kappa shape index (κ2) is 6.81. The SMILES string of the molecule is CN(C)C1(c2ccccc2)CCC(NC2=CC=CN3SNC=C23)CC1. The Labute approximate surface area is 154 Å². The van der Waals surface area contributed by atoms with Gasteiger partial charge in [-0.25, -0.2) is 0 Å². The molecule has 1 aliphatic carbocycles. The molecule has 0 atom stereocenters. The van der Waals surface area contributed by atoms with Crippen molar-refractivity contribution >= 4 is 12.1 Å². The Morgan fingerprint density at radius 3 is 2.68 bits per heavy atom. The van der Waals surface area contributed by atoms with Gasteiger partial charge in [0.25, 0.3) is 0 Å². The third kappa shape index (κ3) is 3.07. The molecule has 2 N–H and O–H groups in total. The quantitative estimate of drug-likeness (QED) is 0.805. The van der Waals surface area contributed by atoms with Crippen molar-refractivity contribution in [3.05, 3.63) is 71.8 Å².